The maximum absolute atomic E-state index is 13.1. The first-order valence-corrected chi connectivity index (χ1v) is 13.1. The summed E-state index contributed by atoms with van der Waals surface area (Å²) in [7, 11) is 5.02. The number of fused-ring (bicyclic) bond motifs is 2. The number of aliphatic hydroxyl groups is 1. The van der Waals surface area contributed by atoms with Crippen molar-refractivity contribution in [1.82, 2.24) is 0 Å². The predicted molar refractivity (Wildman–Crippen MR) is 131 cm³/mol. The van der Waals surface area contributed by atoms with E-state index in [1.165, 1.54) is 18.2 Å². The van der Waals surface area contributed by atoms with Crippen molar-refractivity contribution in [2.24, 2.45) is 34.5 Å². The molecule has 1 aromatic rings. The van der Waals surface area contributed by atoms with Crippen LogP contribution in [0.2, 0.25) is 0 Å². The van der Waals surface area contributed by atoms with Crippen LogP contribution in [-0.4, -0.2) is 38.5 Å². The van der Waals surface area contributed by atoms with Gasteiger partial charge >= 0.3 is 5.97 Å². The summed E-state index contributed by atoms with van der Waals surface area (Å²) in [4.78, 5) is 13.1. The Morgan fingerprint density at radius 2 is 1.71 bits per heavy atom. The zero-order valence-corrected chi connectivity index (χ0v) is 21.9. The Morgan fingerprint density at radius 3 is 2.32 bits per heavy atom. The zero-order valence-electron chi connectivity index (χ0n) is 21.9. The number of carbonyl (C=O) groups excluding carboxylic acids is 1. The molecule has 3 saturated carbocycles. The molecule has 0 amide bonds. The minimum absolute atomic E-state index is 0.0492. The number of hydrogen-bond donors (Lipinski definition) is 1. The van der Waals surface area contributed by atoms with Crippen LogP contribution in [0, 0.1) is 34.5 Å². The van der Waals surface area contributed by atoms with E-state index >= 15 is 0 Å². The number of methoxy groups -OCH3 is 3. The molecule has 0 unspecified atom stereocenters. The fourth-order valence-electron chi connectivity index (χ4n) is 9.77. The molecular weight excluding hydrogens is 428 g/mol. The predicted octanol–water partition coefficient (Wildman–Crippen LogP) is 5.47. The lowest BCUT2D eigenvalue weighted by atomic mass is 9.34. The highest BCUT2D eigenvalue weighted by Gasteiger charge is 2.71. The molecule has 0 heterocycles. The summed E-state index contributed by atoms with van der Waals surface area (Å²) in [5.74, 6) is 3.02. The molecule has 1 N–H and O–H groups in total. The van der Waals surface area contributed by atoms with Gasteiger partial charge in [0, 0.05) is 16.5 Å². The van der Waals surface area contributed by atoms with Crippen molar-refractivity contribution >= 4 is 5.97 Å². The van der Waals surface area contributed by atoms with Crippen molar-refractivity contribution < 1.29 is 24.1 Å². The highest BCUT2D eigenvalue weighted by atomic mass is 16.5. The number of rotatable bonds is 4. The van der Waals surface area contributed by atoms with Crippen molar-refractivity contribution in [2.75, 3.05) is 21.3 Å². The van der Waals surface area contributed by atoms with Gasteiger partial charge in [-0.05, 0) is 86.2 Å². The third-order valence-electron chi connectivity index (χ3n) is 11.0. The van der Waals surface area contributed by atoms with Crippen LogP contribution >= 0.6 is 0 Å². The molecule has 188 valence electrons. The normalized spacial score (nSPS) is 42.4. The second-order valence-electron chi connectivity index (χ2n) is 12.3. The van der Waals surface area contributed by atoms with Gasteiger partial charge in [0.05, 0.1) is 32.8 Å². The maximum atomic E-state index is 13.1. The van der Waals surface area contributed by atoms with E-state index in [1.807, 2.05) is 12.1 Å². The fraction of sp³-hybridized carbons (Fsp3) is 0.759. The van der Waals surface area contributed by atoms with E-state index in [9.17, 15) is 9.90 Å². The number of esters is 1. The molecule has 2 bridgehead atoms. The molecule has 3 fully saturated rings. The first-order valence-electron chi connectivity index (χ1n) is 13.1. The summed E-state index contributed by atoms with van der Waals surface area (Å²) in [6.07, 6.45) is 5.34. The standard InChI is InChI=1S/C29H42O5/c1-16(2)22-17-15-21-27(3)12-8-13-28(4,26(31)34-7)20(27)11-14-29(21,25(22)30)24-19(33-6)10-9-18(32-5)23(17)24/h9-10,16-17,20-22,25,30H,8,11-15H2,1-7H3/t17-,20+,21+,22-,25-,27-,28-,29-/m0/s1. The largest absolute Gasteiger partial charge is 0.496 e. The van der Waals surface area contributed by atoms with Crippen LogP contribution in [0.5, 0.6) is 11.5 Å². The summed E-state index contributed by atoms with van der Waals surface area (Å²) < 4.78 is 17.2. The van der Waals surface area contributed by atoms with E-state index in [-0.39, 0.29) is 35.1 Å². The molecule has 8 atom stereocenters. The lowest BCUT2D eigenvalue weighted by Crippen LogP contribution is -2.69. The lowest BCUT2D eigenvalue weighted by molar-refractivity contribution is -0.201. The zero-order chi connectivity index (χ0) is 24.6. The Bertz CT molecular complexity index is 987. The summed E-state index contributed by atoms with van der Waals surface area (Å²) >= 11 is 0. The molecule has 1 spiro atoms. The number of ether oxygens (including phenoxy) is 3. The minimum Gasteiger partial charge on any atom is -0.496 e. The molecular formula is C29H42O5. The average molecular weight is 471 g/mol. The van der Waals surface area contributed by atoms with E-state index in [0.29, 0.717) is 5.92 Å². The quantitative estimate of drug-likeness (QED) is 0.591. The first-order chi connectivity index (χ1) is 16.1. The molecule has 0 saturated heterocycles. The second kappa shape index (κ2) is 7.88. The monoisotopic (exact) mass is 470 g/mol. The fourth-order valence-corrected chi connectivity index (χ4v) is 9.77. The Hall–Kier alpha value is -1.75. The number of carbonyl (C=O) groups is 1. The summed E-state index contributed by atoms with van der Waals surface area (Å²) in [5, 5.41) is 12.2. The van der Waals surface area contributed by atoms with E-state index < -0.39 is 16.9 Å². The Balaban J connectivity index is 1.75. The van der Waals surface area contributed by atoms with Gasteiger partial charge in [-0.25, -0.2) is 0 Å². The molecule has 5 aliphatic carbocycles. The van der Waals surface area contributed by atoms with Gasteiger partial charge in [0.25, 0.3) is 0 Å². The third kappa shape index (κ3) is 2.74. The molecule has 5 nitrogen and oxygen atoms in total. The molecule has 1 aromatic carbocycles. The van der Waals surface area contributed by atoms with Gasteiger partial charge in [0.15, 0.2) is 0 Å². The van der Waals surface area contributed by atoms with Crippen molar-refractivity contribution in [3.05, 3.63) is 23.3 Å². The Kier molecular flexibility index (Phi) is 5.55. The number of aliphatic hydroxyl groups excluding tert-OH is 1. The SMILES string of the molecule is COC(=O)[C@@]1(C)CCC[C@]2(C)[C@H]3C[C@@H]4c5c(OC)ccc(OC)c5[C@@]3(CC[C@H]21)[C@@H](O)[C@H]4C(C)C. The Labute approximate surface area is 204 Å². The van der Waals surface area contributed by atoms with Gasteiger partial charge < -0.3 is 19.3 Å². The van der Waals surface area contributed by atoms with Crippen molar-refractivity contribution in [1.29, 1.82) is 0 Å². The van der Waals surface area contributed by atoms with Gasteiger partial charge in [0.1, 0.15) is 11.5 Å². The lowest BCUT2D eigenvalue weighted by Gasteiger charge is -2.70. The topological polar surface area (TPSA) is 65.0 Å². The average Bonchev–Trinajstić information content (AvgIpc) is 2.82. The molecule has 5 heteroatoms. The molecule has 5 aliphatic rings. The van der Waals surface area contributed by atoms with Crippen molar-refractivity contribution in [3.8, 4) is 11.5 Å². The van der Waals surface area contributed by atoms with Crippen LogP contribution in [0.1, 0.15) is 83.3 Å². The molecule has 34 heavy (non-hydrogen) atoms. The molecule has 0 radical (unpaired) electrons. The molecule has 0 aromatic heterocycles. The molecule has 6 rings (SSSR count). The van der Waals surface area contributed by atoms with Gasteiger partial charge in [-0.1, -0.05) is 27.2 Å². The number of benzene rings is 1. The van der Waals surface area contributed by atoms with E-state index in [2.05, 4.69) is 27.7 Å². The van der Waals surface area contributed by atoms with E-state index in [0.717, 1.165) is 50.0 Å². The highest BCUT2D eigenvalue weighted by molar-refractivity contribution is 5.77. The van der Waals surface area contributed by atoms with Gasteiger partial charge in [-0.3, -0.25) is 4.79 Å². The van der Waals surface area contributed by atoms with Crippen LogP contribution in [0.15, 0.2) is 12.1 Å². The Morgan fingerprint density at radius 1 is 1.03 bits per heavy atom. The number of hydrogen-bond acceptors (Lipinski definition) is 5. The van der Waals surface area contributed by atoms with Crippen LogP contribution in [-0.2, 0) is 14.9 Å². The van der Waals surface area contributed by atoms with Crippen LogP contribution in [0.4, 0.5) is 0 Å². The van der Waals surface area contributed by atoms with Crippen LogP contribution in [0.3, 0.4) is 0 Å². The van der Waals surface area contributed by atoms with Crippen LogP contribution < -0.4 is 9.47 Å². The van der Waals surface area contributed by atoms with Gasteiger partial charge in [0.2, 0.25) is 0 Å². The van der Waals surface area contributed by atoms with Crippen molar-refractivity contribution in [3.63, 3.8) is 0 Å². The summed E-state index contributed by atoms with van der Waals surface area (Å²) in [6, 6.07) is 4.06. The maximum Gasteiger partial charge on any atom is 0.311 e. The first kappa shape index (κ1) is 24.0. The molecule has 0 aliphatic heterocycles. The van der Waals surface area contributed by atoms with Gasteiger partial charge in [-0.2, -0.15) is 0 Å². The third-order valence-corrected chi connectivity index (χ3v) is 11.0. The van der Waals surface area contributed by atoms with E-state index in [4.69, 9.17) is 14.2 Å². The van der Waals surface area contributed by atoms with Crippen molar-refractivity contribution in [2.45, 2.75) is 83.7 Å². The minimum atomic E-state index is -0.469. The summed E-state index contributed by atoms with van der Waals surface area (Å²) in [6.45, 7) is 9.03. The van der Waals surface area contributed by atoms with E-state index in [1.54, 1.807) is 14.2 Å². The summed E-state index contributed by atoms with van der Waals surface area (Å²) in [5.41, 5.74) is 1.54. The smallest absolute Gasteiger partial charge is 0.311 e. The highest BCUT2D eigenvalue weighted by Crippen LogP contribution is 2.75. The second-order valence-corrected chi connectivity index (χ2v) is 12.3. The van der Waals surface area contributed by atoms with Crippen LogP contribution in [0.25, 0.3) is 0 Å². The van der Waals surface area contributed by atoms with Gasteiger partial charge in [-0.15, -0.1) is 0 Å².